The molecule has 116 valence electrons. The Hall–Kier alpha value is -3.00. The van der Waals surface area contributed by atoms with Crippen LogP contribution in [0.1, 0.15) is 15.9 Å². The smallest absolute Gasteiger partial charge is 0.345 e. The lowest BCUT2D eigenvalue weighted by molar-refractivity contribution is 0.0696. The minimum atomic E-state index is -1.05. The van der Waals surface area contributed by atoms with Gasteiger partial charge in [0, 0.05) is 0 Å². The van der Waals surface area contributed by atoms with Crippen LogP contribution < -0.4 is 11.2 Å². The van der Waals surface area contributed by atoms with Gasteiger partial charge < -0.3 is 5.11 Å². The summed E-state index contributed by atoms with van der Waals surface area (Å²) in [5.74, 6) is -1.05. The second-order valence-corrected chi connectivity index (χ2v) is 5.70. The predicted molar refractivity (Wildman–Crippen MR) is 84.9 cm³/mol. The van der Waals surface area contributed by atoms with Crippen LogP contribution in [-0.2, 0) is 6.54 Å². The zero-order chi connectivity index (χ0) is 16.4. The second kappa shape index (κ2) is 6.01. The van der Waals surface area contributed by atoms with Crippen LogP contribution >= 0.6 is 11.3 Å². The van der Waals surface area contributed by atoms with Crippen LogP contribution in [0, 0.1) is 0 Å². The van der Waals surface area contributed by atoms with Crippen LogP contribution in [0.2, 0.25) is 0 Å². The highest BCUT2D eigenvalue weighted by Gasteiger charge is 2.11. The molecule has 0 unspecified atom stereocenters. The van der Waals surface area contributed by atoms with Crippen LogP contribution in [0.5, 0.6) is 0 Å². The zero-order valence-electron chi connectivity index (χ0n) is 11.7. The Morgan fingerprint density at radius 1 is 1.26 bits per heavy atom. The van der Waals surface area contributed by atoms with Gasteiger partial charge in [-0.2, -0.15) is 5.10 Å². The van der Waals surface area contributed by atoms with E-state index in [1.54, 1.807) is 24.3 Å². The molecule has 0 atom stereocenters. The number of carboxylic acids is 1. The van der Waals surface area contributed by atoms with Crippen molar-refractivity contribution >= 4 is 17.3 Å². The average Bonchev–Trinajstić information content (AvgIpc) is 3.04. The molecule has 0 aliphatic heterocycles. The fourth-order valence-electron chi connectivity index (χ4n) is 2.09. The second-order valence-electron chi connectivity index (χ2n) is 4.75. The number of H-pyrrole nitrogens is 1. The first-order chi connectivity index (χ1) is 11.0. The number of aromatic nitrogens is 3. The summed E-state index contributed by atoms with van der Waals surface area (Å²) >= 11 is 1.34. The molecule has 1 aromatic carbocycles. The monoisotopic (exact) mass is 329 g/mol. The first kappa shape index (κ1) is 14.9. The number of nitrogens with one attached hydrogen (secondary N) is 1. The summed E-state index contributed by atoms with van der Waals surface area (Å²) in [4.78, 5) is 37.7. The van der Waals surface area contributed by atoms with Gasteiger partial charge in [-0.3, -0.25) is 9.78 Å². The van der Waals surface area contributed by atoms with Crippen molar-refractivity contribution in [2.24, 2.45) is 0 Å². The van der Waals surface area contributed by atoms with Crippen molar-refractivity contribution in [2.45, 2.75) is 6.54 Å². The minimum absolute atomic E-state index is 0.0646. The van der Waals surface area contributed by atoms with Crippen molar-refractivity contribution in [3.05, 3.63) is 73.7 Å². The molecule has 23 heavy (non-hydrogen) atoms. The Morgan fingerprint density at radius 3 is 2.78 bits per heavy atom. The maximum absolute atomic E-state index is 11.9. The molecule has 3 rings (SSSR count). The molecule has 2 aromatic heterocycles. The molecule has 8 heteroatoms. The lowest BCUT2D eigenvalue weighted by Gasteiger charge is -2.06. The highest BCUT2D eigenvalue weighted by molar-refractivity contribution is 7.13. The van der Waals surface area contributed by atoms with E-state index in [-0.39, 0.29) is 17.8 Å². The highest BCUT2D eigenvalue weighted by atomic mass is 32.1. The molecule has 0 saturated carbocycles. The summed E-state index contributed by atoms with van der Waals surface area (Å²) < 4.78 is 1.11. The van der Waals surface area contributed by atoms with Gasteiger partial charge in [0.15, 0.2) is 5.69 Å². The lowest BCUT2D eigenvalue weighted by Crippen LogP contribution is -2.33. The Kier molecular flexibility index (Phi) is 3.90. The summed E-state index contributed by atoms with van der Waals surface area (Å²) in [6.07, 6.45) is 0. The van der Waals surface area contributed by atoms with E-state index in [9.17, 15) is 14.4 Å². The van der Waals surface area contributed by atoms with Gasteiger partial charge in [0.2, 0.25) is 0 Å². The van der Waals surface area contributed by atoms with E-state index in [1.807, 2.05) is 5.38 Å². The number of benzene rings is 1. The number of aromatic carboxylic acids is 1. The van der Waals surface area contributed by atoms with Crippen LogP contribution in [0.4, 0.5) is 0 Å². The van der Waals surface area contributed by atoms with Gasteiger partial charge in [-0.15, -0.1) is 11.3 Å². The zero-order valence-corrected chi connectivity index (χ0v) is 12.5. The van der Waals surface area contributed by atoms with E-state index in [2.05, 4.69) is 10.1 Å². The van der Waals surface area contributed by atoms with E-state index in [4.69, 9.17) is 5.11 Å². The summed E-state index contributed by atoms with van der Waals surface area (Å²) in [5, 5.41) is 14.9. The fraction of sp³-hybridized carbons (Fsp3) is 0.0667. The fourth-order valence-corrected chi connectivity index (χ4v) is 2.80. The Morgan fingerprint density at radius 2 is 2.09 bits per heavy atom. The van der Waals surface area contributed by atoms with Crippen LogP contribution in [0.3, 0.4) is 0 Å². The molecule has 2 heterocycles. The Balaban J connectivity index is 2.02. The number of aromatic amines is 1. The lowest BCUT2D eigenvalue weighted by atomic mass is 10.1. The molecule has 2 N–H and O–H groups in total. The third-order valence-corrected chi connectivity index (χ3v) is 4.03. The topological polar surface area (TPSA) is 105 Å². The van der Waals surface area contributed by atoms with Crippen molar-refractivity contribution in [2.75, 3.05) is 0 Å². The third kappa shape index (κ3) is 3.11. The quantitative estimate of drug-likeness (QED) is 0.753. The molecule has 0 bridgehead atoms. The molecular weight excluding hydrogens is 318 g/mol. The van der Waals surface area contributed by atoms with Gasteiger partial charge in [0.05, 0.1) is 17.0 Å². The van der Waals surface area contributed by atoms with Gasteiger partial charge in [-0.05, 0) is 29.1 Å². The van der Waals surface area contributed by atoms with E-state index in [1.165, 1.54) is 23.5 Å². The molecule has 0 aliphatic carbocycles. The molecule has 0 fully saturated rings. The summed E-state index contributed by atoms with van der Waals surface area (Å²) in [6.45, 7) is 0.0646. The van der Waals surface area contributed by atoms with E-state index >= 15 is 0 Å². The van der Waals surface area contributed by atoms with Gasteiger partial charge in [-0.1, -0.05) is 18.2 Å². The summed E-state index contributed by atoms with van der Waals surface area (Å²) in [5.41, 5.74) is -0.305. The standard InChI is InChI=1S/C15H11N3O4S/c19-13-12(11-5-2-6-23-11)17-18(15(22)16-13)8-9-3-1-4-10(7-9)14(20)21/h1-7H,8H2,(H,20,21)(H,16,19,22). The largest absolute Gasteiger partial charge is 0.478 e. The number of carbonyl (C=O) groups is 1. The van der Waals surface area contributed by atoms with Gasteiger partial charge in [0.1, 0.15) is 0 Å². The first-order valence-electron chi connectivity index (χ1n) is 6.62. The van der Waals surface area contributed by atoms with Crippen molar-refractivity contribution in [3.63, 3.8) is 0 Å². The first-order valence-corrected chi connectivity index (χ1v) is 7.50. The van der Waals surface area contributed by atoms with Crippen molar-refractivity contribution in [1.29, 1.82) is 0 Å². The van der Waals surface area contributed by atoms with E-state index < -0.39 is 17.2 Å². The van der Waals surface area contributed by atoms with Crippen LogP contribution in [-0.4, -0.2) is 25.8 Å². The maximum atomic E-state index is 11.9. The molecule has 0 aliphatic rings. The van der Waals surface area contributed by atoms with E-state index in [0.29, 0.717) is 10.4 Å². The van der Waals surface area contributed by atoms with E-state index in [0.717, 1.165) is 4.68 Å². The van der Waals surface area contributed by atoms with Gasteiger partial charge in [-0.25, -0.2) is 14.3 Å². The summed E-state index contributed by atoms with van der Waals surface area (Å²) in [6, 6.07) is 9.74. The predicted octanol–water partition coefficient (Wildman–Crippen LogP) is 1.41. The molecule has 0 radical (unpaired) electrons. The number of rotatable bonds is 4. The van der Waals surface area contributed by atoms with Gasteiger partial charge in [0.25, 0.3) is 5.56 Å². The summed E-state index contributed by atoms with van der Waals surface area (Å²) in [7, 11) is 0. The Labute approximate surface area is 133 Å². The number of hydrogen-bond donors (Lipinski definition) is 2. The molecule has 3 aromatic rings. The molecule has 0 amide bonds. The normalized spacial score (nSPS) is 10.6. The maximum Gasteiger partial charge on any atom is 0.345 e. The minimum Gasteiger partial charge on any atom is -0.478 e. The SMILES string of the molecule is O=C(O)c1cccc(Cn2nc(-c3cccs3)c(=O)[nH]c2=O)c1. The molecule has 0 spiro atoms. The van der Waals surface area contributed by atoms with Crippen molar-refractivity contribution in [3.8, 4) is 10.6 Å². The Bertz CT molecular complexity index is 973. The highest BCUT2D eigenvalue weighted by Crippen LogP contribution is 2.18. The molecule has 0 saturated heterocycles. The number of nitrogens with zero attached hydrogens (tertiary/aromatic N) is 2. The molecular formula is C15H11N3O4S. The van der Waals surface area contributed by atoms with Crippen LogP contribution in [0.15, 0.2) is 51.4 Å². The molecule has 7 nitrogen and oxygen atoms in total. The van der Waals surface area contributed by atoms with Crippen molar-refractivity contribution < 1.29 is 9.90 Å². The number of thiophene rings is 1. The average molecular weight is 329 g/mol. The number of hydrogen-bond acceptors (Lipinski definition) is 5. The van der Waals surface area contributed by atoms with Gasteiger partial charge >= 0.3 is 11.7 Å². The van der Waals surface area contributed by atoms with Crippen LogP contribution in [0.25, 0.3) is 10.6 Å². The number of carboxylic acid groups (broad SMARTS) is 1. The third-order valence-electron chi connectivity index (χ3n) is 3.15. The van der Waals surface area contributed by atoms with Crippen molar-refractivity contribution in [1.82, 2.24) is 14.8 Å².